The minimum absolute atomic E-state index is 0.144. The number of aliphatic hydroxyl groups excluding tert-OH is 1. The lowest BCUT2D eigenvalue weighted by molar-refractivity contribution is 0.0937. The Morgan fingerprint density at radius 1 is 1.36 bits per heavy atom. The van der Waals surface area contributed by atoms with Gasteiger partial charge in [0.05, 0.1) is 19.3 Å². The van der Waals surface area contributed by atoms with Gasteiger partial charge < -0.3 is 15.2 Å². The van der Waals surface area contributed by atoms with E-state index in [1.54, 1.807) is 13.2 Å². The molecule has 0 saturated heterocycles. The van der Waals surface area contributed by atoms with Crippen molar-refractivity contribution in [1.29, 1.82) is 5.26 Å². The van der Waals surface area contributed by atoms with E-state index in [9.17, 15) is 5.11 Å². The molecule has 0 bridgehead atoms. The van der Waals surface area contributed by atoms with E-state index in [1.165, 1.54) is 32.1 Å². The van der Waals surface area contributed by atoms with Gasteiger partial charge in [-0.3, -0.25) is 0 Å². The molecule has 0 spiro atoms. The van der Waals surface area contributed by atoms with E-state index in [1.807, 2.05) is 12.1 Å². The largest absolute Gasteiger partial charge is 0.495 e. The highest BCUT2D eigenvalue weighted by atomic mass is 16.5. The van der Waals surface area contributed by atoms with Gasteiger partial charge in [0.15, 0.2) is 0 Å². The van der Waals surface area contributed by atoms with Gasteiger partial charge in [-0.05, 0) is 43.4 Å². The SMILES string of the molecule is COc1cc(CNC(C)(CO)C2CCCCC2)ccc1C#N. The van der Waals surface area contributed by atoms with Crippen molar-refractivity contribution in [3.05, 3.63) is 29.3 Å². The number of nitrogens with zero attached hydrogens (tertiary/aromatic N) is 1. The van der Waals surface area contributed by atoms with Crippen LogP contribution in [0.15, 0.2) is 18.2 Å². The molecule has 4 heteroatoms. The van der Waals surface area contributed by atoms with Crippen molar-refractivity contribution >= 4 is 0 Å². The van der Waals surface area contributed by atoms with Crippen LogP contribution >= 0.6 is 0 Å². The van der Waals surface area contributed by atoms with E-state index in [0.717, 1.165) is 5.56 Å². The van der Waals surface area contributed by atoms with Crippen LogP contribution in [0, 0.1) is 17.2 Å². The summed E-state index contributed by atoms with van der Waals surface area (Å²) in [5.41, 5.74) is 1.36. The highest BCUT2D eigenvalue weighted by Gasteiger charge is 2.33. The number of nitriles is 1. The van der Waals surface area contributed by atoms with Gasteiger partial charge in [-0.15, -0.1) is 0 Å². The molecule has 2 rings (SSSR count). The Morgan fingerprint density at radius 2 is 2.09 bits per heavy atom. The molecule has 22 heavy (non-hydrogen) atoms. The van der Waals surface area contributed by atoms with Crippen LogP contribution in [-0.4, -0.2) is 24.4 Å². The van der Waals surface area contributed by atoms with Crippen molar-refractivity contribution in [2.75, 3.05) is 13.7 Å². The van der Waals surface area contributed by atoms with Gasteiger partial charge in [0.2, 0.25) is 0 Å². The lowest BCUT2D eigenvalue weighted by Crippen LogP contribution is -2.52. The van der Waals surface area contributed by atoms with Crippen molar-refractivity contribution in [2.45, 2.75) is 51.1 Å². The molecule has 0 radical (unpaired) electrons. The minimum Gasteiger partial charge on any atom is -0.495 e. The maximum absolute atomic E-state index is 9.87. The lowest BCUT2D eigenvalue weighted by Gasteiger charge is -2.39. The van der Waals surface area contributed by atoms with Gasteiger partial charge in [0.25, 0.3) is 0 Å². The van der Waals surface area contributed by atoms with Gasteiger partial charge in [-0.1, -0.05) is 25.3 Å². The number of benzene rings is 1. The molecule has 1 saturated carbocycles. The van der Waals surface area contributed by atoms with Crippen molar-refractivity contribution in [1.82, 2.24) is 5.32 Å². The van der Waals surface area contributed by atoms with Crippen LogP contribution < -0.4 is 10.1 Å². The summed E-state index contributed by atoms with van der Waals surface area (Å²) >= 11 is 0. The van der Waals surface area contributed by atoms with Crippen LogP contribution in [0.1, 0.15) is 50.2 Å². The first-order valence-corrected chi connectivity index (χ1v) is 8.06. The van der Waals surface area contributed by atoms with E-state index in [0.29, 0.717) is 23.8 Å². The van der Waals surface area contributed by atoms with Gasteiger partial charge in [-0.25, -0.2) is 0 Å². The second kappa shape index (κ2) is 7.62. The summed E-state index contributed by atoms with van der Waals surface area (Å²) in [5, 5.41) is 22.4. The fourth-order valence-electron chi connectivity index (χ4n) is 3.31. The average Bonchev–Trinajstić information content (AvgIpc) is 2.60. The Morgan fingerprint density at radius 3 is 2.68 bits per heavy atom. The average molecular weight is 302 g/mol. The number of ether oxygens (including phenoxy) is 1. The van der Waals surface area contributed by atoms with Crippen LogP contribution in [0.5, 0.6) is 5.75 Å². The third-order valence-corrected chi connectivity index (χ3v) is 4.92. The standard InChI is InChI=1S/C18H26N2O2/c1-18(13-21,16-6-4-3-5-7-16)20-12-14-8-9-15(11-19)17(10-14)22-2/h8-10,16,20-21H,3-7,12-13H2,1-2H3. The number of methoxy groups -OCH3 is 1. The molecule has 1 atom stereocenters. The molecule has 2 N–H and O–H groups in total. The quantitative estimate of drug-likeness (QED) is 0.848. The molecule has 0 amide bonds. The Bertz CT molecular complexity index is 532. The Labute approximate surface area is 133 Å². The molecule has 120 valence electrons. The molecule has 1 aliphatic carbocycles. The molecule has 4 nitrogen and oxygen atoms in total. The zero-order valence-electron chi connectivity index (χ0n) is 13.6. The monoisotopic (exact) mass is 302 g/mol. The van der Waals surface area contributed by atoms with E-state index in [4.69, 9.17) is 10.00 Å². The van der Waals surface area contributed by atoms with Crippen molar-refractivity contribution < 1.29 is 9.84 Å². The van der Waals surface area contributed by atoms with Crippen LogP contribution in [0.4, 0.5) is 0 Å². The van der Waals surface area contributed by atoms with Crippen LogP contribution in [-0.2, 0) is 6.54 Å². The van der Waals surface area contributed by atoms with Gasteiger partial charge in [0, 0.05) is 12.1 Å². The summed E-state index contributed by atoms with van der Waals surface area (Å²) in [6, 6.07) is 7.74. The van der Waals surface area contributed by atoms with Crippen molar-refractivity contribution in [3.8, 4) is 11.8 Å². The summed E-state index contributed by atoms with van der Waals surface area (Å²) in [5.74, 6) is 1.12. The van der Waals surface area contributed by atoms with E-state index in [-0.39, 0.29) is 12.1 Å². The Balaban J connectivity index is 2.05. The predicted octanol–water partition coefficient (Wildman–Crippen LogP) is 2.99. The maximum Gasteiger partial charge on any atom is 0.136 e. The molecule has 1 unspecified atom stereocenters. The number of hydrogen-bond acceptors (Lipinski definition) is 4. The highest BCUT2D eigenvalue weighted by molar-refractivity contribution is 5.45. The fraction of sp³-hybridized carbons (Fsp3) is 0.611. The predicted molar refractivity (Wildman–Crippen MR) is 86.6 cm³/mol. The molecule has 1 aliphatic rings. The first-order chi connectivity index (χ1) is 10.6. The van der Waals surface area contributed by atoms with E-state index >= 15 is 0 Å². The third-order valence-electron chi connectivity index (χ3n) is 4.92. The third kappa shape index (κ3) is 3.79. The van der Waals surface area contributed by atoms with E-state index < -0.39 is 0 Å². The summed E-state index contributed by atoms with van der Waals surface area (Å²) in [4.78, 5) is 0. The lowest BCUT2D eigenvalue weighted by atomic mass is 9.76. The Kier molecular flexibility index (Phi) is 5.82. The molecule has 0 aromatic heterocycles. The van der Waals surface area contributed by atoms with Gasteiger partial charge in [-0.2, -0.15) is 5.26 Å². The topological polar surface area (TPSA) is 65.3 Å². The molecule has 1 aromatic rings. The van der Waals surface area contributed by atoms with E-state index in [2.05, 4.69) is 18.3 Å². The molecule has 0 aliphatic heterocycles. The first kappa shape index (κ1) is 16.8. The van der Waals surface area contributed by atoms with Crippen LogP contribution in [0.25, 0.3) is 0 Å². The van der Waals surface area contributed by atoms with Crippen LogP contribution in [0.3, 0.4) is 0 Å². The number of aliphatic hydroxyl groups is 1. The zero-order valence-corrected chi connectivity index (χ0v) is 13.6. The first-order valence-electron chi connectivity index (χ1n) is 8.06. The molecule has 0 heterocycles. The number of nitrogens with one attached hydrogen (secondary N) is 1. The summed E-state index contributed by atoms with van der Waals surface area (Å²) < 4.78 is 5.25. The molecule has 1 fully saturated rings. The minimum atomic E-state index is -0.248. The number of hydrogen-bond donors (Lipinski definition) is 2. The second-order valence-electron chi connectivity index (χ2n) is 6.41. The molecular weight excluding hydrogens is 276 g/mol. The van der Waals surface area contributed by atoms with Gasteiger partial charge >= 0.3 is 0 Å². The summed E-state index contributed by atoms with van der Waals surface area (Å²) in [7, 11) is 1.58. The smallest absolute Gasteiger partial charge is 0.136 e. The Hall–Kier alpha value is -1.57. The van der Waals surface area contributed by atoms with Gasteiger partial charge in [0.1, 0.15) is 11.8 Å². The van der Waals surface area contributed by atoms with Crippen molar-refractivity contribution in [3.63, 3.8) is 0 Å². The normalized spacial score (nSPS) is 18.5. The number of rotatable bonds is 6. The van der Waals surface area contributed by atoms with Crippen LogP contribution in [0.2, 0.25) is 0 Å². The molecular formula is C18H26N2O2. The second-order valence-corrected chi connectivity index (χ2v) is 6.41. The summed E-state index contributed by atoms with van der Waals surface area (Å²) in [6.45, 7) is 2.92. The molecule has 1 aromatic carbocycles. The maximum atomic E-state index is 9.87. The zero-order chi connectivity index (χ0) is 16.0. The fourth-order valence-corrected chi connectivity index (χ4v) is 3.31. The highest BCUT2D eigenvalue weighted by Crippen LogP contribution is 2.32. The summed E-state index contributed by atoms with van der Waals surface area (Å²) in [6.07, 6.45) is 6.19. The van der Waals surface area contributed by atoms with Crippen molar-refractivity contribution in [2.24, 2.45) is 5.92 Å².